The third-order valence-electron chi connectivity index (χ3n) is 3.20. The first-order valence-electron chi connectivity index (χ1n) is 7.02. The van der Waals surface area contributed by atoms with Crippen LogP contribution in [0.4, 0.5) is 26.1 Å². The van der Waals surface area contributed by atoms with Gasteiger partial charge in [-0.05, 0) is 30.3 Å². The zero-order valence-electron chi connectivity index (χ0n) is 12.1. The topological polar surface area (TPSA) is 49.8 Å². The second-order valence-electron chi connectivity index (χ2n) is 4.87. The molecule has 0 unspecified atom stereocenters. The Labute approximate surface area is 132 Å². The predicted octanol–water partition coefficient (Wildman–Crippen LogP) is 4.11. The zero-order valence-corrected chi connectivity index (χ0v) is 12.1. The molecule has 4 nitrogen and oxygen atoms in total. The van der Waals surface area contributed by atoms with Crippen LogP contribution >= 0.6 is 0 Å². The van der Waals surface area contributed by atoms with E-state index in [-0.39, 0.29) is 11.6 Å². The van der Waals surface area contributed by atoms with E-state index in [0.717, 1.165) is 0 Å². The molecule has 0 amide bonds. The number of nitrogens with one attached hydrogen (secondary N) is 2. The number of halogens is 2. The molecule has 1 heterocycles. The molecule has 2 aromatic carbocycles. The van der Waals surface area contributed by atoms with E-state index in [1.807, 2.05) is 0 Å². The fraction of sp³-hybridized carbons (Fsp3) is 0.0588. The summed E-state index contributed by atoms with van der Waals surface area (Å²) in [6.07, 6.45) is 1.40. The van der Waals surface area contributed by atoms with Crippen molar-refractivity contribution < 1.29 is 8.78 Å². The van der Waals surface area contributed by atoms with Crippen LogP contribution in [0, 0.1) is 11.6 Å². The van der Waals surface area contributed by atoms with Crippen molar-refractivity contribution in [3.8, 4) is 0 Å². The average Bonchev–Trinajstić information content (AvgIpc) is 2.57. The highest BCUT2D eigenvalue weighted by atomic mass is 19.1. The first-order valence-corrected chi connectivity index (χ1v) is 7.02. The molecule has 3 rings (SSSR count). The van der Waals surface area contributed by atoms with Crippen LogP contribution < -0.4 is 10.6 Å². The monoisotopic (exact) mass is 312 g/mol. The highest BCUT2D eigenvalue weighted by Gasteiger charge is 2.03. The van der Waals surface area contributed by atoms with E-state index in [0.29, 0.717) is 29.4 Å². The summed E-state index contributed by atoms with van der Waals surface area (Å²) in [7, 11) is 0. The van der Waals surface area contributed by atoms with Gasteiger partial charge in [-0.3, -0.25) is 0 Å². The Hall–Kier alpha value is -3.02. The Kier molecular flexibility index (Phi) is 4.42. The van der Waals surface area contributed by atoms with Gasteiger partial charge in [0.25, 0.3) is 0 Å². The number of benzene rings is 2. The quantitative estimate of drug-likeness (QED) is 0.744. The molecule has 6 heteroatoms. The molecule has 0 saturated carbocycles. The van der Waals surface area contributed by atoms with Crippen LogP contribution in [-0.4, -0.2) is 9.97 Å². The Bertz CT molecular complexity index is 791. The van der Waals surface area contributed by atoms with Gasteiger partial charge in [-0.1, -0.05) is 18.2 Å². The molecule has 0 bridgehead atoms. The Morgan fingerprint density at radius 3 is 2.39 bits per heavy atom. The van der Waals surface area contributed by atoms with Crippen LogP contribution in [0.2, 0.25) is 0 Å². The Balaban J connectivity index is 1.67. The fourth-order valence-corrected chi connectivity index (χ4v) is 2.03. The van der Waals surface area contributed by atoms with E-state index in [4.69, 9.17) is 0 Å². The third kappa shape index (κ3) is 4.00. The molecular formula is C17H14F2N4. The molecule has 0 saturated heterocycles. The molecule has 0 atom stereocenters. The Morgan fingerprint density at radius 1 is 0.870 bits per heavy atom. The summed E-state index contributed by atoms with van der Waals surface area (Å²) in [5, 5.41) is 6.10. The van der Waals surface area contributed by atoms with Crippen LogP contribution in [0.25, 0.3) is 0 Å². The lowest BCUT2D eigenvalue weighted by Gasteiger charge is -2.09. The minimum Gasteiger partial charge on any atom is -0.366 e. The highest BCUT2D eigenvalue weighted by Crippen LogP contribution is 2.17. The summed E-state index contributed by atoms with van der Waals surface area (Å²) in [6, 6.07) is 14.2. The minimum absolute atomic E-state index is 0.265. The van der Waals surface area contributed by atoms with Crippen molar-refractivity contribution in [3.05, 3.63) is 78.1 Å². The summed E-state index contributed by atoms with van der Waals surface area (Å²) < 4.78 is 26.5. The van der Waals surface area contributed by atoms with Crippen molar-refractivity contribution in [1.29, 1.82) is 0 Å². The maximum Gasteiger partial charge on any atom is 0.135 e. The van der Waals surface area contributed by atoms with Gasteiger partial charge in [0.15, 0.2) is 0 Å². The zero-order chi connectivity index (χ0) is 16.1. The number of aromatic nitrogens is 2. The first-order chi connectivity index (χ1) is 11.2. The second-order valence-corrected chi connectivity index (χ2v) is 4.87. The van der Waals surface area contributed by atoms with E-state index in [9.17, 15) is 8.78 Å². The van der Waals surface area contributed by atoms with Crippen LogP contribution in [0.15, 0.2) is 60.9 Å². The van der Waals surface area contributed by atoms with Gasteiger partial charge >= 0.3 is 0 Å². The standard InChI is InChI=1S/C17H14F2N4/c18-13-5-7-14(8-6-13)23-17-9-16(21-11-22-17)20-10-12-3-1-2-4-15(12)19/h1-9,11H,10H2,(H2,20,21,22,23). The number of rotatable bonds is 5. The lowest BCUT2D eigenvalue weighted by Crippen LogP contribution is -2.04. The van der Waals surface area contributed by atoms with Crippen LogP contribution in [0.3, 0.4) is 0 Å². The lowest BCUT2D eigenvalue weighted by atomic mass is 10.2. The summed E-state index contributed by atoms with van der Waals surface area (Å²) in [5.41, 5.74) is 1.27. The molecule has 0 aliphatic rings. The van der Waals surface area contributed by atoms with Crippen molar-refractivity contribution in [1.82, 2.24) is 9.97 Å². The molecule has 0 aliphatic carbocycles. The first kappa shape index (κ1) is 14.9. The molecule has 1 aromatic heterocycles. The van der Waals surface area contributed by atoms with Gasteiger partial charge in [0.2, 0.25) is 0 Å². The largest absolute Gasteiger partial charge is 0.366 e. The van der Waals surface area contributed by atoms with Crippen LogP contribution in [0.1, 0.15) is 5.56 Å². The molecule has 0 aliphatic heterocycles. The van der Waals surface area contributed by atoms with Gasteiger partial charge in [-0.15, -0.1) is 0 Å². The molecule has 2 N–H and O–H groups in total. The van der Waals surface area contributed by atoms with E-state index < -0.39 is 0 Å². The second kappa shape index (κ2) is 6.83. The molecule has 0 fully saturated rings. The lowest BCUT2D eigenvalue weighted by molar-refractivity contribution is 0.613. The van der Waals surface area contributed by atoms with E-state index in [1.165, 1.54) is 24.5 Å². The van der Waals surface area contributed by atoms with E-state index >= 15 is 0 Å². The maximum absolute atomic E-state index is 13.6. The third-order valence-corrected chi connectivity index (χ3v) is 3.20. The number of anilines is 3. The van der Waals surface area contributed by atoms with Crippen LogP contribution in [0.5, 0.6) is 0 Å². The smallest absolute Gasteiger partial charge is 0.135 e. The normalized spacial score (nSPS) is 10.3. The van der Waals surface area contributed by atoms with Gasteiger partial charge < -0.3 is 10.6 Å². The molecule has 116 valence electrons. The van der Waals surface area contributed by atoms with Crippen molar-refractivity contribution in [2.24, 2.45) is 0 Å². The molecule has 3 aromatic rings. The van der Waals surface area contributed by atoms with Crippen molar-refractivity contribution >= 4 is 17.3 Å². The number of hydrogen-bond donors (Lipinski definition) is 2. The van der Waals surface area contributed by atoms with Gasteiger partial charge in [-0.2, -0.15) is 0 Å². The van der Waals surface area contributed by atoms with E-state index in [1.54, 1.807) is 36.4 Å². The van der Waals surface area contributed by atoms with Crippen molar-refractivity contribution in [3.63, 3.8) is 0 Å². The van der Waals surface area contributed by atoms with E-state index in [2.05, 4.69) is 20.6 Å². The molecule has 0 radical (unpaired) electrons. The molecular weight excluding hydrogens is 298 g/mol. The number of hydrogen-bond acceptors (Lipinski definition) is 4. The minimum atomic E-state index is -0.300. The van der Waals surface area contributed by atoms with Crippen LogP contribution in [-0.2, 0) is 6.54 Å². The molecule has 23 heavy (non-hydrogen) atoms. The SMILES string of the molecule is Fc1ccc(Nc2cc(NCc3ccccc3F)ncn2)cc1. The Morgan fingerprint density at radius 2 is 1.61 bits per heavy atom. The number of nitrogens with zero attached hydrogens (tertiary/aromatic N) is 2. The van der Waals surface area contributed by atoms with Crippen molar-refractivity contribution in [2.75, 3.05) is 10.6 Å². The summed E-state index contributed by atoms with van der Waals surface area (Å²) in [6.45, 7) is 0.319. The average molecular weight is 312 g/mol. The summed E-state index contributed by atoms with van der Waals surface area (Å²) in [5.74, 6) is 0.555. The summed E-state index contributed by atoms with van der Waals surface area (Å²) in [4.78, 5) is 8.19. The fourth-order valence-electron chi connectivity index (χ4n) is 2.03. The predicted molar refractivity (Wildman–Crippen MR) is 85.4 cm³/mol. The maximum atomic E-state index is 13.6. The summed E-state index contributed by atoms with van der Waals surface area (Å²) >= 11 is 0. The highest BCUT2D eigenvalue weighted by molar-refractivity contribution is 5.58. The van der Waals surface area contributed by atoms with Gasteiger partial charge in [0.05, 0.1) is 0 Å². The van der Waals surface area contributed by atoms with Crippen molar-refractivity contribution in [2.45, 2.75) is 6.54 Å². The van der Waals surface area contributed by atoms with Gasteiger partial charge in [0, 0.05) is 23.9 Å². The molecule has 0 spiro atoms. The van der Waals surface area contributed by atoms with Gasteiger partial charge in [-0.25, -0.2) is 18.7 Å². The van der Waals surface area contributed by atoms with Gasteiger partial charge in [0.1, 0.15) is 29.6 Å².